The van der Waals surface area contributed by atoms with Crippen LogP contribution < -0.4 is 5.73 Å². The van der Waals surface area contributed by atoms with Crippen molar-refractivity contribution in [2.75, 3.05) is 19.6 Å². The van der Waals surface area contributed by atoms with Gasteiger partial charge in [-0.15, -0.1) is 0 Å². The predicted octanol–water partition coefficient (Wildman–Crippen LogP) is 1.49. The Morgan fingerprint density at radius 1 is 1.35 bits per heavy atom. The van der Waals surface area contributed by atoms with E-state index in [-0.39, 0.29) is 17.6 Å². The van der Waals surface area contributed by atoms with Crippen LogP contribution in [0.2, 0.25) is 0 Å². The highest BCUT2D eigenvalue weighted by molar-refractivity contribution is 5.78. The number of carbonyl (C=O) groups is 1. The summed E-state index contributed by atoms with van der Waals surface area (Å²) in [5, 5.41) is 0. The molecule has 1 aromatic carbocycles. The second-order valence-electron chi connectivity index (χ2n) is 4.43. The molecule has 0 aromatic heterocycles. The largest absolute Gasteiger partial charge is 0.342 e. The van der Waals surface area contributed by atoms with Crippen LogP contribution in [0, 0.1) is 5.82 Å². The summed E-state index contributed by atoms with van der Waals surface area (Å²) in [7, 11) is 0. The number of carbonyl (C=O) groups excluding carboxylic acids is 1. The average Bonchev–Trinajstić information content (AvgIpc) is 2.73. The molecule has 1 amide bonds. The first-order chi connectivity index (χ1) is 8.20. The summed E-state index contributed by atoms with van der Waals surface area (Å²) in [6, 6.07) is 6.36. The molecular weight excluding hydrogens is 219 g/mol. The van der Waals surface area contributed by atoms with Gasteiger partial charge in [0.25, 0.3) is 0 Å². The Kier molecular flexibility index (Phi) is 3.74. The molecule has 17 heavy (non-hydrogen) atoms. The number of hydrogen-bond donors (Lipinski definition) is 1. The van der Waals surface area contributed by atoms with Crippen LogP contribution in [-0.2, 0) is 4.79 Å². The van der Waals surface area contributed by atoms with E-state index in [1.54, 1.807) is 12.1 Å². The van der Waals surface area contributed by atoms with E-state index in [9.17, 15) is 9.18 Å². The van der Waals surface area contributed by atoms with Gasteiger partial charge in [0, 0.05) is 32.0 Å². The van der Waals surface area contributed by atoms with Crippen LogP contribution in [0.3, 0.4) is 0 Å². The third-order valence-corrected chi connectivity index (χ3v) is 3.24. The van der Waals surface area contributed by atoms with Gasteiger partial charge in [0.05, 0.1) is 0 Å². The highest BCUT2D eigenvalue weighted by Gasteiger charge is 2.23. The summed E-state index contributed by atoms with van der Waals surface area (Å²) in [4.78, 5) is 13.4. The molecule has 1 aliphatic heterocycles. The second-order valence-corrected chi connectivity index (χ2v) is 4.43. The summed E-state index contributed by atoms with van der Waals surface area (Å²) in [6.45, 7) is 1.92. The van der Waals surface area contributed by atoms with Crippen LogP contribution in [0.1, 0.15) is 24.3 Å². The van der Waals surface area contributed by atoms with Crippen LogP contribution in [0.15, 0.2) is 24.3 Å². The zero-order valence-corrected chi connectivity index (χ0v) is 9.73. The fraction of sp³-hybridized carbons (Fsp3) is 0.462. The van der Waals surface area contributed by atoms with Crippen molar-refractivity contribution in [1.82, 2.24) is 4.90 Å². The summed E-state index contributed by atoms with van der Waals surface area (Å²) in [6.07, 6.45) is 1.57. The van der Waals surface area contributed by atoms with Gasteiger partial charge in [0.15, 0.2) is 0 Å². The lowest BCUT2D eigenvalue weighted by atomic mass is 9.99. The van der Waals surface area contributed by atoms with Crippen molar-refractivity contribution in [3.05, 3.63) is 35.6 Å². The Morgan fingerprint density at radius 2 is 2.06 bits per heavy atom. The average molecular weight is 236 g/mol. The summed E-state index contributed by atoms with van der Waals surface area (Å²) < 4.78 is 12.8. The van der Waals surface area contributed by atoms with Gasteiger partial charge in [-0.25, -0.2) is 4.39 Å². The van der Waals surface area contributed by atoms with Crippen LogP contribution in [0.5, 0.6) is 0 Å². The monoisotopic (exact) mass is 236 g/mol. The first kappa shape index (κ1) is 12.0. The van der Waals surface area contributed by atoms with Crippen molar-refractivity contribution >= 4 is 5.91 Å². The normalized spacial score (nSPS) is 17.5. The lowest BCUT2D eigenvalue weighted by Gasteiger charge is -2.23. The maximum absolute atomic E-state index is 12.8. The zero-order valence-electron chi connectivity index (χ0n) is 9.73. The zero-order chi connectivity index (χ0) is 12.3. The van der Waals surface area contributed by atoms with Gasteiger partial charge in [-0.3, -0.25) is 4.79 Å². The molecule has 3 nitrogen and oxygen atoms in total. The molecule has 1 unspecified atom stereocenters. The van der Waals surface area contributed by atoms with Gasteiger partial charge >= 0.3 is 0 Å². The third kappa shape index (κ3) is 2.82. The number of likely N-dealkylation sites (tertiary alicyclic amines) is 1. The fourth-order valence-corrected chi connectivity index (χ4v) is 2.21. The molecule has 1 saturated heterocycles. The molecule has 0 spiro atoms. The minimum atomic E-state index is -0.248. The molecule has 92 valence electrons. The van der Waals surface area contributed by atoms with E-state index in [2.05, 4.69) is 0 Å². The molecule has 1 aromatic rings. The van der Waals surface area contributed by atoms with Gasteiger partial charge in [0.2, 0.25) is 5.91 Å². The van der Waals surface area contributed by atoms with Crippen molar-refractivity contribution in [2.45, 2.75) is 18.8 Å². The lowest BCUT2D eigenvalue weighted by Crippen LogP contribution is -2.32. The first-order valence-corrected chi connectivity index (χ1v) is 5.94. The van der Waals surface area contributed by atoms with Crippen LogP contribution in [0.4, 0.5) is 4.39 Å². The van der Waals surface area contributed by atoms with Crippen LogP contribution in [0.25, 0.3) is 0 Å². The molecule has 1 fully saturated rings. The third-order valence-electron chi connectivity index (χ3n) is 3.24. The van der Waals surface area contributed by atoms with Gasteiger partial charge in [-0.1, -0.05) is 12.1 Å². The molecule has 2 rings (SSSR count). The van der Waals surface area contributed by atoms with E-state index in [0.717, 1.165) is 18.5 Å². The van der Waals surface area contributed by atoms with Crippen LogP contribution >= 0.6 is 0 Å². The summed E-state index contributed by atoms with van der Waals surface area (Å²) in [5.41, 5.74) is 6.73. The van der Waals surface area contributed by atoms with Crippen LogP contribution in [-0.4, -0.2) is 30.4 Å². The van der Waals surface area contributed by atoms with E-state index in [1.165, 1.54) is 12.1 Å². The van der Waals surface area contributed by atoms with Crippen molar-refractivity contribution in [1.29, 1.82) is 0 Å². The second kappa shape index (κ2) is 5.27. The number of rotatable bonds is 4. The maximum Gasteiger partial charge on any atom is 0.222 e. The van der Waals surface area contributed by atoms with Gasteiger partial charge in [0.1, 0.15) is 5.82 Å². The Hall–Kier alpha value is -1.42. The van der Waals surface area contributed by atoms with Crippen molar-refractivity contribution < 1.29 is 9.18 Å². The Labute approximate surface area is 100 Å². The number of nitrogens with zero attached hydrogens (tertiary/aromatic N) is 1. The first-order valence-electron chi connectivity index (χ1n) is 5.94. The molecule has 0 aliphatic carbocycles. The van der Waals surface area contributed by atoms with Crippen molar-refractivity contribution in [3.63, 3.8) is 0 Å². The minimum Gasteiger partial charge on any atom is -0.342 e. The maximum atomic E-state index is 12.8. The highest BCUT2D eigenvalue weighted by atomic mass is 19.1. The number of benzene rings is 1. The SMILES string of the molecule is NCC(CN1CCCC1=O)c1ccc(F)cc1. The Balaban J connectivity index is 2.05. The molecule has 0 bridgehead atoms. The number of nitrogens with two attached hydrogens (primary N) is 1. The van der Waals surface area contributed by atoms with E-state index in [1.807, 2.05) is 4.90 Å². The highest BCUT2D eigenvalue weighted by Crippen LogP contribution is 2.19. The molecule has 1 atom stereocenters. The molecule has 2 N–H and O–H groups in total. The lowest BCUT2D eigenvalue weighted by molar-refractivity contribution is -0.127. The quantitative estimate of drug-likeness (QED) is 0.861. The molecular formula is C13H17FN2O. The molecule has 0 saturated carbocycles. The molecule has 4 heteroatoms. The molecule has 0 radical (unpaired) electrons. The fourth-order valence-electron chi connectivity index (χ4n) is 2.21. The predicted molar refractivity (Wildman–Crippen MR) is 64.0 cm³/mol. The van der Waals surface area contributed by atoms with E-state index in [0.29, 0.717) is 19.5 Å². The standard InChI is InChI=1S/C13H17FN2O/c14-12-5-3-10(4-6-12)11(8-15)9-16-7-1-2-13(16)17/h3-6,11H,1-2,7-9,15H2. The summed E-state index contributed by atoms with van der Waals surface area (Å²) >= 11 is 0. The van der Waals surface area contributed by atoms with E-state index >= 15 is 0 Å². The van der Waals surface area contributed by atoms with E-state index < -0.39 is 0 Å². The van der Waals surface area contributed by atoms with Gasteiger partial charge in [-0.2, -0.15) is 0 Å². The van der Waals surface area contributed by atoms with Crippen molar-refractivity contribution in [3.8, 4) is 0 Å². The van der Waals surface area contributed by atoms with E-state index in [4.69, 9.17) is 5.73 Å². The van der Waals surface area contributed by atoms with Crippen molar-refractivity contribution in [2.24, 2.45) is 5.73 Å². The molecule has 1 heterocycles. The number of amides is 1. The topological polar surface area (TPSA) is 46.3 Å². The number of halogens is 1. The Bertz CT molecular complexity index is 391. The Morgan fingerprint density at radius 3 is 2.59 bits per heavy atom. The number of hydrogen-bond acceptors (Lipinski definition) is 2. The van der Waals surface area contributed by atoms with Gasteiger partial charge < -0.3 is 10.6 Å². The molecule has 1 aliphatic rings. The minimum absolute atomic E-state index is 0.0950. The summed E-state index contributed by atoms with van der Waals surface area (Å²) in [5.74, 6) is 0.0463. The smallest absolute Gasteiger partial charge is 0.222 e. The van der Waals surface area contributed by atoms with Gasteiger partial charge in [-0.05, 0) is 24.1 Å².